The molecule has 1 aliphatic heterocycles. The molecule has 1 aliphatic carbocycles. The normalized spacial score (nSPS) is 21.0. The van der Waals surface area contributed by atoms with Crippen LogP contribution in [0.4, 0.5) is 0 Å². The number of ether oxygens (including phenoxy) is 1. The minimum atomic E-state index is -0.381. The van der Waals surface area contributed by atoms with Gasteiger partial charge in [0.25, 0.3) is 0 Å². The van der Waals surface area contributed by atoms with Gasteiger partial charge in [0.05, 0.1) is 12.7 Å². The number of nitrogens with one attached hydrogen (secondary N) is 1. The Bertz CT molecular complexity index is 743. The van der Waals surface area contributed by atoms with Crippen LogP contribution in [0.3, 0.4) is 0 Å². The molecule has 1 aromatic carbocycles. The van der Waals surface area contributed by atoms with Gasteiger partial charge in [-0.15, -0.1) is 0 Å². The zero-order valence-electron chi connectivity index (χ0n) is 13.7. The maximum absolute atomic E-state index is 12.6. The lowest BCUT2D eigenvalue weighted by atomic mass is 9.74. The number of hydrogen-bond donors (Lipinski definition) is 1. The van der Waals surface area contributed by atoms with Crippen LogP contribution in [0.25, 0.3) is 0 Å². The first-order chi connectivity index (χ1) is 11.0. The highest BCUT2D eigenvalue weighted by atomic mass is 16.5. The van der Waals surface area contributed by atoms with E-state index < -0.39 is 0 Å². The number of hydrogen-bond acceptors (Lipinski definition) is 4. The van der Waals surface area contributed by atoms with Gasteiger partial charge in [0.15, 0.2) is 5.78 Å². The van der Waals surface area contributed by atoms with Crippen LogP contribution in [0, 0.1) is 6.92 Å². The molecular formula is C19H21NO3. The molecule has 4 heteroatoms. The third-order valence-corrected chi connectivity index (χ3v) is 4.68. The summed E-state index contributed by atoms with van der Waals surface area (Å²) in [6.07, 6.45) is 2.23. The average Bonchev–Trinajstić information content (AvgIpc) is 2.54. The highest BCUT2D eigenvalue weighted by molar-refractivity contribution is 6.03. The van der Waals surface area contributed by atoms with E-state index in [1.165, 1.54) is 7.11 Å². The standard InChI is InChI=1S/C19H21NO3/c1-11-7-4-5-8-13(11)17-16(19(22)23-3)12(2)20-14-9-6-10-15(21)18(14)17/h4-5,7-8,17,20H,6,9-10H2,1-3H3. The van der Waals surface area contributed by atoms with E-state index in [1.54, 1.807) is 0 Å². The number of carbonyl (C=O) groups is 2. The zero-order valence-corrected chi connectivity index (χ0v) is 13.7. The zero-order chi connectivity index (χ0) is 16.6. The van der Waals surface area contributed by atoms with E-state index in [-0.39, 0.29) is 17.7 Å². The summed E-state index contributed by atoms with van der Waals surface area (Å²) in [5.41, 5.74) is 5.07. The highest BCUT2D eigenvalue weighted by Gasteiger charge is 2.39. The smallest absolute Gasteiger partial charge is 0.336 e. The summed E-state index contributed by atoms with van der Waals surface area (Å²) in [6, 6.07) is 7.91. The second-order valence-electron chi connectivity index (χ2n) is 6.11. The number of esters is 1. The lowest BCUT2D eigenvalue weighted by Crippen LogP contribution is -2.34. The Kier molecular flexibility index (Phi) is 4.07. The van der Waals surface area contributed by atoms with Crippen LogP contribution in [0.15, 0.2) is 46.8 Å². The van der Waals surface area contributed by atoms with Crippen molar-refractivity contribution in [3.8, 4) is 0 Å². The molecule has 1 heterocycles. The van der Waals surface area contributed by atoms with Crippen LogP contribution in [0.5, 0.6) is 0 Å². The van der Waals surface area contributed by atoms with Gasteiger partial charge < -0.3 is 10.1 Å². The van der Waals surface area contributed by atoms with E-state index in [1.807, 2.05) is 38.1 Å². The van der Waals surface area contributed by atoms with Crippen molar-refractivity contribution >= 4 is 11.8 Å². The molecule has 0 amide bonds. The van der Waals surface area contributed by atoms with E-state index in [4.69, 9.17) is 4.74 Å². The summed E-state index contributed by atoms with van der Waals surface area (Å²) in [4.78, 5) is 25.0. The van der Waals surface area contributed by atoms with Crippen molar-refractivity contribution in [2.24, 2.45) is 0 Å². The van der Waals surface area contributed by atoms with E-state index in [2.05, 4.69) is 5.32 Å². The lowest BCUT2D eigenvalue weighted by molar-refractivity contribution is -0.136. The second-order valence-corrected chi connectivity index (χ2v) is 6.11. The Balaban J connectivity index is 2.23. The summed E-state index contributed by atoms with van der Waals surface area (Å²) >= 11 is 0. The van der Waals surface area contributed by atoms with Gasteiger partial charge >= 0.3 is 5.97 Å². The van der Waals surface area contributed by atoms with Crippen LogP contribution in [0.2, 0.25) is 0 Å². The Hall–Kier alpha value is -2.36. The first kappa shape index (κ1) is 15.5. The van der Waals surface area contributed by atoms with Crippen molar-refractivity contribution in [3.05, 3.63) is 57.9 Å². The van der Waals surface area contributed by atoms with Crippen molar-refractivity contribution in [3.63, 3.8) is 0 Å². The van der Waals surface area contributed by atoms with Gasteiger partial charge in [-0.3, -0.25) is 4.79 Å². The summed E-state index contributed by atoms with van der Waals surface area (Å²) in [5, 5.41) is 3.27. The van der Waals surface area contributed by atoms with Crippen molar-refractivity contribution in [2.75, 3.05) is 7.11 Å². The number of ketones is 1. The topological polar surface area (TPSA) is 55.4 Å². The Morgan fingerprint density at radius 3 is 2.65 bits per heavy atom. The minimum absolute atomic E-state index is 0.126. The Morgan fingerprint density at radius 2 is 1.96 bits per heavy atom. The van der Waals surface area contributed by atoms with Crippen LogP contribution >= 0.6 is 0 Å². The van der Waals surface area contributed by atoms with Gasteiger partial charge in [-0.25, -0.2) is 4.79 Å². The molecule has 4 nitrogen and oxygen atoms in total. The third kappa shape index (κ3) is 2.58. The summed E-state index contributed by atoms with van der Waals surface area (Å²) in [7, 11) is 1.38. The van der Waals surface area contributed by atoms with Crippen LogP contribution in [-0.2, 0) is 14.3 Å². The minimum Gasteiger partial charge on any atom is -0.466 e. The van der Waals surface area contributed by atoms with E-state index >= 15 is 0 Å². The molecule has 2 aliphatic rings. The fraction of sp³-hybridized carbons (Fsp3) is 0.368. The molecule has 1 aromatic rings. The highest BCUT2D eigenvalue weighted by Crippen LogP contribution is 2.43. The molecule has 3 rings (SSSR count). The quantitative estimate of drug-likeness (QED) is 0.853. The van der Waals surface area contributed by atoms with Gasteiger partial charge in [-0.2, -0.15) is 0 Å². The fourth-order valence-corrected chi connectivity index (χ4v) is 3.59. The van der Waals surface area contributed by atoms with Crippen molar-refractivity contribution in [2.45, 2.75) is 39.0 Å². The molecule has 0 fully saturated rings. The molecule has 0 aromatic heterocycles. The van der Waals surface area contributed by atoms with Crippen LogP contribution in [-0.4, -0.2) is 18.9 Å². The fourth-order valence-electron chi connectivity index (χ4n) is 3.59. The van der Waals surface area contributed by atoms with E-state index in [9.17, 15) is 9.59 Å². The van der Waals surface area contributed by atoms with E-state index in [0.717, 1.165) is 40.9 Å². The maximum atomic E-state index is 12.6. The molecule has 0 radical (unpaired) electrons. The van der Waals surface area contributed by atoms with Crippen molar-refractivity contribution < 1.29 is 14.3 Å². The summed E-state index contributed by atoms with van der Waals surface area (Å²) in [6.45, 7) is 3.88. The maximum Gasteiger partial charge on any atom is 0.336 e. The molecule has 0 saturated carbocycles. The lowest BCUT2D eigenvalue weighted by Gasteiger charge is -2.34. The number of aryl methyl sites for hydroxylation is 1. The second kappa shape index (κ2) is 6.03. The van der Waals surface area contributed by atoms with Gasteiger partial charge in [0.2, 0.25) is 0 Å². The van der Waals surface area contributed by atoms with E-state index in [0.29, 0.717) is 12.0 Å². The molecule has 1 unspecified atom stereocenters. The van der Waals surface area contributed by atoms with Crippen molar-refractivity contribution in [1.29, 1.82) is 0 Å². The molecule has 23 heavy (non-hydrogen) atoms. The number of rotatable bonds is 2. The molecule has 1 N–H and O–H groups in total. The number of Topliss-reactive ketones (excluding diaryl/α,β-unsaturated/α-hetero) is 1. The molecule has 0 bridgehead atoms. The first-order valence-electron chi connectivity index (χ1n) is 7.92. The molecular weight excluding hydrogens is 290 g/mol. The largest absolute Gasteiger partial charge is 0.466 e. The van der Waals surface area contributed by atoms with Gasteiger partial charge in [0.1, 0.15) is 0 Å². The van der Waals surface area contributed by atoms with Crippen molar-refractivity contribution in [1.82, 2.24) is 5.32 Å². The number of allylic oxidation sites excluding steroid dienone is 3. The number of benzene rings is 1. The van der Waals surface area contributed by atoms with Gasteiger partial charge in [0, 0.05) is 29.3 Å². The van der Waals surface area contributed by atoms with Gasteiger partial charge in [-0.1, -0.05) is 24.3 Å². The number of methoxy groups -OCH3 is 1. The molecule has 0 saturated heterocycles. The summed E-state index contributed by atoms with van der Waals surface area (Å²) in [5.74, 6) is -0.596. The summed E-state index contributed by atoms with van der Waals surface area (Å²) < 4.78 is 5.00. The number of dihydropyridines is 1. The predicted octanol–water partition coefficient (Wildman–Crippen LogP) is 3.14. The van der Waals surface area contributed by atoms with Crippen LogP contribution < -0.4 is 5.32 Å². The first-order valence-corrected chi connectivity index (χ1v) is 7.92. The number of carbonyl (C=O) groups excluding carboxylic acids is 2. The Labute approximate surface area is 136 Å². The molecule has 1 atom stereocenters. The molecule has 120 valence electrons. The van der Waals surface area contributed by atoms with Crippen LogP contribution in [0.1, 0.15) is 43.2 Å². The SMILES string of the molecule is COC(=O)C1=C(C)NC2=C(C(=O)CCC2)C1c1ccccc1C. The predicted molar refractivity (Wildman–Crippen MR) is 87.7 cm³/mol. The third-order valence-electron chi connectivity index (χ3n) is 4.68. The molecule has 0 spiro atoms. The average molecular weight is 311 g/mol. The Morgan fingerprint density at radius 1 is 1.22 bits per heavy atom. The van der Waals surface area contributed by atoms with Gasteiger partial charge in [-0.05, 0) is 37.8 Å². The monoisotopic (exact) mass is 311 g/mol.